The SMILES string of the molecule is CC(C)(C)OC(=O)CC1CCC(C(=O)c2ncnc3[nH]ccc23)CC1. The lowest BCUT2D eigenvalue weighted by Gasteiger charge is -2.28. The number of ketones is 1. The number of fused-ring (bicyclic) bond motifs is 1. The van der Waals surface area contributed by atoms with E-state index < -0.39 is 5.60 Å². The zero-order valence-corrected chi connectivity index (χ0v) is 15.0. The number of aromatic nitrogens is 3. The Balaban J connectivity index is 1.58. The van der Waals surface area contributed by atoms with Crippen LogP contribution in [0.25, 0.3) is 11.0 Å². The van der Waals surface area contributed by atoms with Gasteiger partial charge in [-0.2, -0.15) is 0 Å². The van der Waals surface area contributed by atoms with Gasteiger partial charge in [0.15, 0.2) is 5.78 Å². The summed E-state index contributed by atoms with van der Waals surface area (Å²) in [5.74, 6) is 0.217. The van der Waals surface area contributed by atoms with E-state index in [2.05, 4.69) is 15.0 Å². The molecule has 2 aromatic heterocycles. The second-order valence-corrected chi connectivity index (χ2v) is 7.83. The van der Waals surface area contributed by atoms with Gasteiger partial charge in [-0.3, -0.25) is 9.59 Å². The van der Waals surface area contributed by atoms with Gasteiger partial charge in [-0.05, 0) is 58.4 Å². The topological polar surface area (TPSA) is 84.9 Å². The fourth-order valence-electron chi connectivity index (χ4n) is 3.51. The molecule has 0 aromatic carbocycles. The Morgan fingerprint density at radius 3 is 2.60 bits per heavy atom. The van der Waals surface area contributed by atoms with E-state index in [1.54, 1.807) is 6.20 Å². The molecule has 134 valence electrons. The van der Waals surface area contributed by atoms with Gasteiger partial charge in [0.05, 0.1) is 0 Å². The maximum Gasteiger partial charge on any atom is 0.306 e. The number of ether oxygens (including phenoxy) is 1. The molecular weight excluding hydrogens is 318 g/mol. The number of nitrogens with zero attached hydrogens (tertiary/aromatic N) is 2. The number of carbonyl (C=O) groups is 2. The first-order valence-corrected chi connectivity index (χ1v) is 8.87. The molecule has 6 nitrogen and oxygen atoms in total. The molecule has 0 radical (unpaired) electrons. The number of H-pyrrole nitrogens is 1. The third kappa shape index (κ3) is 4.24. The van der Waals surface area contributed by atoms with Crippen LogP contribution < -0.4 is 0 Å². The minimum Gasteiger partial charge on any atom is -0.460 e. The molecule has 0 saturated heterocycles. The van der Waals surface area contributed by atoms with E-state index in [4.69, 9.17) is 4.74 Å². The first-order chi connectivity index (χ1) is 11.8. The molecule has 0 spiro atoms. The van der Waals surface area contributed by atoms with Crippen LogP contribution >= 0.6 is 0 Å². The van der Waals surface area contributed by atoms with E-state index in [0.29, 0.717) is 23.7 Å². The van der Waals surface area contributed by atoms with Gasteiger partial charge in [-0.1, -0.05) is 0 Å². The molecule has 6 heteroatoms. The lowest BCUT2D eigenvalue weighted by molar-refractivity contribution is -0.156. The number of aromatic amines is 1. The first-order valence-electron chi connectivity index (χ1n) is 8.87. The average Bonchev–Trinajstić information content (AvgIpc) is 3.01. The number of rotatable bonds is 4. The molecule has 0 atom stereocenters. The number of hydrogen-bond donors (Lipinski definition) is 1. The summed E-state index contributed by atoms with van der Waals surface area (Å²) in [6.07, 6.45) is 6.97. The second-order valence-electron chi connectivity index (χ2n) is 7.83. The van der Waals surface area contributed by atoms with Crippen molar-refractivity contribution >= 4 is 22.8 Å². The highest BCUT2D eigenvalue weighted by atomic mass is 16.6. The molecule has 1 fully saturated rings. The van der Waals surface area contributed by atoms with E-state index in [1.807, 2.05) is 26.8 Å². The summed E-state index contributed by atoms with van der Waals surface area (Å²) in [6.45, 7) is 5.64. The summed E-state index contributed by atoms with van der Waals surface area (Å²) in [5, 5.41) is 0.781. The summed E-state index contributed by atoms with van der Waals surface area (Å²) in [4.78, 5) is 36.2. The van der Waals surface area contributed by atoms with Crippen LogP contribution in [-0.2, 0) is 9.53 Å². The van der Waals surface area contributed by atoms with Gasteiger partial charge in [0.25, 0.3) is 0 Å². The van der Waals surface area contributed by atoms with Crippen LogP contribution in [0.1, 0.15) is 63.4 Å². The van der Waals surface area contributed by atoms with Crippen molar-refractivity contribution in [1.82, 2.24) is 15.0 Å². The minimum absolute atomic E-state index is 0.0251. The van der Waals surface area contributed by atoms with Crippen molar-refractivity contribution in [2.75, 3.05) is 0 Å². The summed E-state index contributed by atoms with van der Waals surface area (Å²) in [7, 11) is 0. The molecule has 25 heavy (non-hydrogen) atoms. The van der Waals surface area contributed by atoms with Gasteiger partial charge in [0.2, 0.25) is 0 Å². The van der Waals surface area contributed by atoms with Gasteiger partial charge in [0, 0.05) is 23.9 Å². The number of carbonyl (C=O) groups excluding carboxylic acids is 2. The number of hydrogen-bond acceptors (Lipinski definition) is 5. The van der Waals surface area contributed by atoms with Crippen molar-refractivity contribution in [3.05, 3.63) is 24.3 Å². The fraction of sp³-hybridized carbons (Fsp3) is 0.579. The highest BCUT2D eigenvalue weighted by Crippen LogP contribution is 2.33. The fourth-order valence-corrected chi connectivity index (χ4v) is 3.51. The Hall–Kier alpha value is -2.24. The molecule has 1 N–H and O–H groups in total. The maximum atomic E-state index is 12.8. The van der Waals surface area contributed by atoms with Crippen molar-refractivity contribution in [2.24, 2.45) is 11.8 Å². The van der Waals surface area contributed by atoms with Crippen molar-refractivity contribution in [3.8, 4) is 0 Å². The molecule has 1 aliphatic rings. The molecule has 0 unspecified atom stereocenters. The molecule has 0 amide bonds. The maximum absolute atomic E-state index is 12.8. The number of nitrogens with one attached hydrogen (secondary N) is 1. The molecule has 0 aliphatic heterocycles. The van der Waals surface area contributed by atoms with Crippen molar-refractivity contribution in [1.29, 1.82) is 0 Å². The highest BCUT2D eigenvalue weighted by Gasteiger charge is 2.30. The van der Waals surface area contributed by atoms with Crippen LogP contribution in [0.15, 0.2) is 18.6 Å². The Labute approximate surface area is 147 Å². The average molecular weight is 343 g/mol. The molecule has 2 heterocycles. The standard InChI is InChI=1S/C19H25N3O3/c1-19(2,3)25-15(23)10-12-4-6-13(7-5-12)17(24)16-14-8-9-20-18(14)22-11-21-16/h8-9,11-13H,4-7,10H2,1-3H3,(H,20,21,22). The monoisotopic (exact) mass is 343 g/mol. The molecular formula is C19H25N3O3. The van der Waals surface area contributed by atoms with E-state index in [-0.39, 0.29) is 17.7 Å². The Morgan fingerprint density at radius 2 is 1.92 bits per heavy atom. The normalized spacial score (nSPS) is 21.2. The van der Waals surface area contributed by atoms with Crippen molar-refractivity contribution in [2.45, 2.75) is 58.5 Å². The molecule has 3 rings (SSSR count). The molecule has 0 bridgehead atoms. The van der Waals surface area contributed by atoms with Gasteiger partial charge in [-0.15, -0.1) is 0 Å². The zero-order valence-electron chi connectivity index (χ0n) is 15.0. The van der Waals surface area contributed by atoms with Crippen LogP contribution in [0.3, 0.4) is 0 Å². The Bertz CT molecular complexity index is 768. The van der Waals surface area contributed by atoms with Crippen LogP contribution in [0, 0.1) is 11.8 Å². The van der Waals surface area contributed by atoms with E-state index in [0.717, 1.165) is 31.1 Å². The van der Waals surface area contributed by atoms with E-state index in [9.17, 15) is 9.59 Å². The van der Waals surface area contributed by atoms with Gasteiger partial charge < -0.3 is 9.72 Å². The third-order valence-corrected chi connectivity index (χ3v) is 4.68. The predicted octanol–water partition coefficient (Wildman–Crippen LogP) is 3.68. The zero-order chi connectivity index (χ0) is 18.0. The molecule has 1 saturated carbocycles. The van der Waals surface area contributed by atoms with Crippen LogP contribution in [0.5, 0.6) is 0 Å². The van der Waals surface area contributed by atoms with Gasteiger partial charge >= 0.3 is 5.97 Å². The highest BCUT2D eigenvalue weighted by molar-refractivity contribution is 6.06. The minimum atomic E-state index is -0.445. The predicted molar refractivity (Wildman–Crippen MR) is 94.1 cm³/mol. The lowest BCUT2D eigenvalue weighted by Crippen LogP contribution is -2.28. The number of Topliss-reactive ketones (excluding diaryl/α,β-unsaturated/α-hetero) is 1. The largest absolute Gasteiger partial charge is 0.460 e. The van der Waals surface area contributed by atoms with Gasteiger partial charge in [0.1, 0.15) is 23.3 Å². The number of esters is 1. The summed E-state index contributed by atoms with van der Waals surface area (Å²) in [5.41, 5.74) is 0.748. The van der Waals surface area contributed by atoms with Crippen LogP contribution in [0.2, 0.25) is 0 Å². The van der Waals surface area contributed by atoms with Crippen LogP contribution in [-0.4, -0.2) is 32.3 Å². The Morgan fingerprint density at radius 1 is 1.20 bits per heavy atom. The summed E-state index contributed by atoms with van der Waals surface area (Å²) >= 11 is 0. The summed E-state index contributed by atoms with van der Waals surface area (Å²) < 4.78 is 5.40. The smallest absolute Gasteiger partial charge is 0.306 e. The molecule has 2 aromatic rings. The van der Waals surface area contributed by atoms with E-state index >= 15 is 0 Å². The van der Waals surface area contributed by atoms with Crippen LogP contribution in [0.4, 0.5) is 0 Å². The third-order valence-electron chi connectivity index (χ3n) is 4.68. The molecule has 1 aliphatic carbocycles. The van der Waals surface area contributed by atoms with E-state index in [1.165, 1.54) is 6.33 Å². The summed E-state index contributed by atoms with van der Waals surface area (Å²) in [6, 6.07) is 1.84. The second kappa shape index (κ2) is 6.94. The van der Waals surface area contributed by atoms with Gasteiger partial charge in [-0.25, -0.2) is 9.97 Å². The van der Waals surface area contributed by atoms with Crippen molar-refractivity contribution < 1.29 is 14.3 Å². The first kappa shape index (κ1) is 17.6. The van der Waals surface area contributed by atoms with Crippen molar-refractivity contribution in [3.63, 3.8) is 0 Å². The quantitative estimate of drug-likeness (QED) is 0.676. The lowest BCUT2D eigenvalue weighted by atomic mass is 9.78. The Kier molecular flexibility index (Phi) is 4.88.